The van der Waals surface area contributed by atoms with Gasteiger partial charge in [-0.05, 0) is 54.1 Å². The lowest BCUT2D eigenvalue weighted by Crippen LogP contribution is -2.08. The van der Waals surface area contributed by atoms with E-state index in [0.29, 0.717) is 39.7 Å². The number of hydrogen-bond acceptors (Lipinski definition) is 6. The fourth-order valence-corrected chi connectivity index (χ4v) is 2.86. The van der Waals surface area contributed by atoms with Crippen LogP contribution in [0.3, 0.4) is 0 Å². The Morgan fingerprint density at radius 2 is 1.45 bits per heavy atom. The highest BCUT2D eigenvalue weighted by Gasteiger charge is 2.12. The highest BCUT2D eigenvalue weighted by atomic mass is 16.5. The molecular weight excluding hydrogens is 396 g/mol. The molecule has 0 radical (unpaired) electrons. The largest absolute Gasteiger partial charge is 0.497 e. The molecule has 0 saturated heterocycles. The predicted molar refractivity (Wildman–Crippen MR) is 117 cm³/mol. The molecule has 0 heterocycles. The summed E-state index contributed by atoms with van der Waals surface area (Å²) in [5, 5.41) is 0. The number of benzene rings is 3. The molecule has 0 aliphatic heterocycles. The van der Waals surface area contributed by atoms with Crippen LogP contribution >= 0.6 is 0 Å². The van der Waals surface area contributed by atoms with Gasteiger partial charge in [-0.3, -0.25) is 4.79 Å². The zero-order valence-electron chi connectivity index (χ0n) is 17.5. The molecule has 0 atom stereocenters. The van der Waals surface area contributed by atoms with Crippen LogP contribution in [-0.2, 0) is 0 Å². The fraction of sp³-hybridized carbons (Fsp3) is 0.120. The lowest BCUT2D eigenvalue weighted by Gasteiger charge is -2.08. The van der Waals surface area contributed by atoms with Gasteiger partial charge in [0.05, 0.1) is 32.5 Å². The van der Waals surface area contributed by atoms with Crippen LogP contribution in [0.15, 0.2) is 72.8 Å². The second-order valence-corrected chi connectivity index (χ2v) is 6.46. The third-order valence-electron chi connectivity index (χ3n) is 4.48. The van der Waals surface area contributed by atoms with Crippen molar-refractivity contribution in [3.05, 3.63) is 89.5 Å². The van der Waals surface area contributed by atoms with Gasteiger partial charge in [-0.25, -0.2) is 4.79 Å². The normalized spacial score (nSPS) is 10.5. The van der Waals surface area contributed by atoms with Crippen molar-refractivity contribution in [1.82, 2.24) is 0 Å². The summed E-state index contributed by atoms with van der Waals surface area (Å²) < 4.78 is 21.0. The maximum Gasteiger partial charge on any atom is 0.343 e. The van der Waals surface area contributed by atoms with Crippen molar-refractivity contribution in [2.24, 2.45) is 0 Å². The molecule has 0 bridgehead atoms. The Balaban J connectivity index is 1.73. The zero-order valence-corrected chi connectivity index (χ0v) is 17.5. The van der Waals surface area contributed by atoms with Crippen molar-refractivity contribution in [3.63, 3.8) is 0 Å². The third kappa shape index (κ3) is 5.51. The van der Waals surface area contributed by atoms with E-state index in [9.17, 15) is 9.59 Å². The maximum atomic E-state index is 12.6. The SMILES string of the molecule is COc1cccc(C(=O)Oc2cccc(C=CC(=O)c3ccc(OC)cc3OC)c2)c1. The second-order valence-electron chi connectivity index (χ2n) is 6.46. The monoisotopic (exact) mass is 418 g/mol. The van der Waals surface area contributed by atoms with E-state index in [-0.39, 0.29) is 5.78 Å². The van der Waals surface area contributed by atoms with Crippen molar-refractivity contribution in [2.75, 3.05) is 21.3 Å². The standard InChI is InChI=1S/C25H22O6/c1-28-19-8-5-7-18(15-19)25(27)31-21-9-4-6-17(14-21)10-13-23(26)22-12-11-20(29-2)16-24(22)30-3/h4-16H,1-3H3. The molecule has 31 heavy (non-hydrogen) atoms. The van der Waals surface area contributed by atoms with Crippen LogP contribution < -0.4 is 18.9 Å². The predicted octanol–water partition coefficient (Wildman–Crippen LogP) is 4.83. The summed E-state index contributed by atoms with van der Waals surface area (Å²) in [6.45, 7) is 0. The van der Waals surface area contributed by atoms with E-state index in [2.05, 4.69) is 0 Å². The molecule has 0 aliphatic rings. The Morgan fingerprint density at radius 3 is 2.19 bits per heavy atom. The molecule has 0 amide bonds. The number of carbonyl (C=O) groups is 2. The summed E-state index contributed by atoms with van der Waals surface area (Å²) in [4.78, 5) is 25.0. The molecule has 158 valence electrons. The molecular formula is C25H22O6. The maximum absolute atomic E-state index is 12.6. The first-order chi connectivity index (χ1) is 15.0. The van der Waals surface area contributed by atoms with Crippen molar-refractivity contribution < 1.29 is 28.5 Å². The molecule has 3 rings (SSSR count). The molecule has 6 heteroatoms. The van der Waals surface area contributed by atoms with E-state index < -0.39 is 5.97 Å². The Bertz CT molecular complexity index is 1120. The molecule has 6 nitrogen and oxygen atoms in total. The molecule has 0 saturated carbocycles. The Hall–Kier alpha value is -4.06. The van der Waals surface area contributed by atoms with E-state index in [1.165, 1.54) is 20.3 Å². The van der Waals surface area contributed by atoms with Crippen LogP contribution in [0.4, 0.5) is 0 Å². The van der Waals surface area contributed by atoms with Crippen LogP contribution in [0.2, 0.25) is 0 Å². The summed E-state index contributed by atoms with van der Waals surface area (Å²) in [5.74, 6) is 1.23. The average Bonchev–Trinajstić information content (AvgIpc) is 2.82. The first-order valence-corrected chi connectivity index (χ1v) is 9.45. The first kappa shape index (κ1) is 21.6. The molecule has 0 aliphatic carbocycles. The van der Waals surface area contributed by atoms with Crippen molar-refractivity contribution in [3.8, 4) is 23.0 Å². The Kier molecular flexibility index (Phi) is 7.06. The Labute approximate surface area is 180 Å². The number of rotatable bonds is 8. The van der Waals surface area contributed by atoms with Crippen molar-refractivity contribution in [1.29, 1.82) is 0 Å². The second kappa shape index (κ2) is 10.1. The summed E-state index contributed by atoms with van der Waals surface area (Å²) in [6.07, 6.45) is 3.09. The van der Waals surface area contributed by atoms with Crippen molar-refractivity contribution >= 4 is 17.8 Å². The number of ketones is 1. The zero-order chi connectivity index (χ0) is 22.2. The van der Waals surface area contributed by atoms with Gasteiger partial charge in [-0.1, -0.05) is 24.3 Å². The number of ether oxygens (including phenoxy) is 4. The fourth-order valence-electron chi connectivity index (χ4n) is 2.86. The van der Waals surface area contributed by atoms with Crippen LogP contribution in [0.1, 0.15) is 26.3 Å². The van der Waals surface area contributed by atoms with Gasteiger partial charge < -0.3 is 18.9 Å². The molecule has 0 fully saturated rings. The minimum Gasteiger partial charge on any atom is -0.497 e. The molecule has 0 N–H and O–H groups in total. The molecule has 0 spiro atoms. The van der Waals surface area contributed by atoms with E-state index in [1.54, 1.807) is 79.9 Å². The average molecular weight is 418 g/mol. The smallest absolute Gasteiger partial charge is 0.343 e. The van der Waals surface area contributed by atoms with Gasteiger partial charge in [0.25, 0.3) is 0 Å². The number of methoxy groups -OCH3 is 3. The van der Waals surface area contributed by atoms with Gasteiger partial charge >= 0.3 is 5.97 Å². The van der Waals surface area contributed by atoms with Crippen LogP contribution in [0.5, 0.6) is 23.0 Å². The quantitative estimate of drug-likeness (QED) is 0.226. The van der Waals surface area contributed by atoms with Gasteiger partial charge in [0.2, 0.25) is 0 Å². The van der Waals surface area contributed by atoms with Gasteiger partial charge in [0.1, 0.15) is 23.0 Å². The third-order valence-corrected chi connectivity index (χ3v) is 4.48. The minimum absolute atomic E-state index is 0.224. The van der Waals surface area contributed by atoms with Crippen LogP contribution in [-0.4, -0.2) is 33.1 Å². The highest BCUT2D eigenvalue weighted by molar-refractivity contribution is 6.08. The topological polar surface area (TPSA) is 71.1 Å². The summed E-state index contributed by atoms with van der Waals surface area (Å²) in [6, 6.07) is 18.6. The summed E-state index contributed by atoms with van der Waals surface area (Å²) >= 11 is 0. The van der Waals surface area contributed by atoms with Crippen LogP contribution in [0.25, 0.3) is 6.08 Å². The molecule has 0 aromatic heterocycles. The van der Waals surface area contributed by atoms with Crippen molar-refractivity contribution in [2.45, 2.75) is 0 Å². The van der Waals surface area contributed by atoms with Gasteiger partial charge in [-0.2, -0.15) is 0 Å². The van der Waals surface area contributed by atoms with E-state index >= 15 is 0 Å². The van der Waals surface area contributed by atoms with E-state index in [4.69, 9.17) is 18.9 Å². The van der Waals surface area contributed by atoms with Gasteiger partial charge in [0.15, 0.2) is 5.78 Å². The number of esters is 1. The summed E-state index contributed by atoms with van der Waals surface area (Å²) in [5.41, 5.74) is 1.50. The molecule has 0 unspecified atom stereocenters. The lowest BCUT2D eigenvalue weighted by molar-refractivity contribution is 0.0734. The molecule has 3 aromatic carbocycles. The summed E-state index contributed by atoms with van der Waals surface area (Å²) in [7, 11) is 4.57. The minimum atomic E-state index is -0.501. The number of allylic oxidation sites excluding steroid dienone is 1. The molecule has 3 aromatic rings. The lowest BCUT2D eigenvalue weighted by atomic mass is 10.1. The van der Waals surface area contributed by atoms with Crippen LogP contribution in [0, 0.1) is 0 Å². The van der Waals surface area contributed by atoms with Gasteiger partial charge in [0, 0.05) is 6.07 Å². The number of hydrogen-bond donors (Lipinski definition) is 0. The van der Waals surface area contributed by atoms with E-state index in [1.807, 2.05) is 0 Å². The highest BCUT2D eigenvalue weighted by Crippen LogP contribution is 2.25. The van der Waals surface area contributed by atoms with E-state index in [0.717, 1.165) is 0 Å². The first-order valence-electron chi connectivity index (χ1n) is 9.45. The Morgan fingerprint density at radius 1 is 0.742 bits per heavy atom. The van der Waals surface area contributed by atoms with Gasteiger partial charge in [-0.15, -0.1) is 0 Å². The number of carbonyl (C=O) groups excluding carboxylic acids is 2.